The predicted molar refractivity (Wildman–Crippen MR) is 102 cm³/mol. The van der Waals surface area contributed by atoms with Crippen LogP contribution in [0.4, 0.5) is 0 Å². The molecule has 1 saturated carbocycles. The van der Waals surface area contributed by atoms with Crippen molar-refractivity contribution < 1.29 is 4.79 Å². The number of fused-ring (bicyclic) bond motifs is 1. The van der Waals surface area contributed by atoms with Gasteiger partial charge in [-0.1, -0.05) is 43.7 Å². The molecule has 0 bridgehead atoms. The molecule has 1 fully saturated rings. The third-order valence-electron chi connectivity index (χ3n) is 4.93. The number of thioether (sulfide) groups is 1. The Kier molecular flexibility index (Phi) is 5.78. The van der Waals surface area contributed by atoms with E-state index in [1.54, 1.807) is 10.6 Å². The molecule has 1 aliphatic rings. The van der Waals surface area contributed by atoms with Gasteiger partial charge in [0, 0.05) is 12.6 Å². The number of benzene rings is 1. The van der Waals surface area contributed by atoms with Crippen molar-refractivity contribution in [1.82, 2.24) is 14.9 Å². The fraction of sp³-hybridized carbons (Fsp3) is 0.526. The third-order valence-corrected chi connectivity index (χ3v) is 5.91. The monoisotopic (exact) mass is 359 g/mol. The minimum Gasteiger partial charge on any atom is -0.352 e. The SMILES string of the molecule is CCn1c(SCC(=O)N[C@@H]2CCCC[C@@H]2C)nc2ccccc2c1=O. The molecule has 1 heterocycles. The van der Waals surface area contributed by atoms with Crippen LogP contribution >= 0.6 is 11.8 Å². The molecule has 0 unspecified atom stereocenters. The molecule has 0 aliphatic heterocycles. The smallest absolute Gasteiger partial charge is 0.262 e. The van der Waals surface area contributed by atoms with Crippen LogP contribution in [0.1, 0.15) is 39.5 Å². The third kappa shape index (κ3) is 4.06. The summed E-state index contributed by atoms with van der Waals surface area (Å²) in [7, 11) is 0. The van der Waals surface area contributed by atoms with Crippen molar-refractivity contribution in [3.63, 3.8) is 0 Å². The summed E-state index contributed by atoms with van der Waals surface area (Å²) >= 11 is 1.34. The number of carbonyl (C=O) groups is 1. The molecular formula is C19H25N3O2S. The average Bonchev–Trinajstić information content (AvgIpc) is 2.62. The fourth-order valence-corrected chi connectivity index (χ4v) is 4.32. The van der Waals surface area contributed by atoms with Gasteiger partial charge in [0.05, 0.1) is 16.7 Å². The standard InChI is InChI=1S/C19H25N3O2S/c1-3-22-18(24)14-9-5-7-11-16(14)21-19(22)25-12-17(23)20-15-10-6-4-8-13(15)2/h5,7,9,11,13,15H,3-4,6,8,10,12H2,1-2H3,(H,20,23)/t13-,15+/m0/s1. The molecule has 1 N–H and O–H groups in total. The first-order valence-electron chi connectivity index (χ1n) is 9.02. The van der Waals surface area contributed by atoms with E-state index in [0.717, 1.165) is 6.42 Å². The Morgan fingerprint density at radius 1 is 1.32 bits per heavy atom. The zero-order valence-corrected chi connectivity index (χ0v) is 15.6. The van der Waals surface area contributed by atoms with Gasteiger partial charge in [-0.05, 0) is 37.8 Å². The molecule has 1 aromatic heterocycles. The highest BCUT2D eigenvalue weighted by atomic mass is 32.2. The van der Waals surface area contributed by atoms with Gasteiger partial charge in [-0.15, -0.1) is 0 Å². The van der Waals surface area contributed by atoms with Crippen molar-refractivity contribution >= 4 is 28.6 Å². The van der Waals surface area contributed by atoms with Gasteiger partial charge in [-0.3, -0.25) is 14.2 Å². The van der Waals surface area contributed by atoms with E-state index in [2.05, 4.69) is 17.2 Å². The van der Waals surface area contributed by atoms with E-state index in [9.17, 15) is 9.59 Å². The van der Waals surface area contributed by atoms with Crippen molar-refractivity contribution in [3.8, 4) is 0 Å². The van der Waals surface area contributed by atoms with E-state index in [1.165, 1.54) is 31.0 Å². The topological polar surface area (TPSA) is 64.0 Å². The summed E-state index contributed by atoms with van der Waals surface area (Å²) in [6.07, 6.45) is 4.68. The van der Waals surface area contributed by atoms with E-state index >= 15 is 0 Å². The molecule has 5 nitrogen and oxygen atoms in total. The number of nitrogens with one attached hydrogen (secondary N) is 1. The van der Waals surface area contributed by atoms with Crippen LogP contribution in [0.15, 0.2) is 34.2 Å². The molecule has 1 aromatic carbocycles. The molecule has 1 amide bonds. The highest BCUT2D eigenvalue weighted by molar-refractivity contribution is 7.99. The van der Waals surface area contributed by atoms with Crippen molar-refractivity contribution in [2.24, 2.45) is 5.92 Å². The lowest BCUT2D eigenvalue weighted by molar-refractivity contribution is -0.119. The van der Waals surface area contributed by atoms with Crippen molar-refractivity contribution in [2.75, 3.05) is 5.75 Å². The summed E-state index contributed by atoms with van der Waals surface area (Å²) in [5.41, 5.74) is 0.637. The normalized spacial score (nSPS) is 20.6. The molecule has 0 radical (unpaired) electrons. The van der Waals surface area contributed by atoms with Crippen LogP contribution in [0, 0.1) is 5.92 Å². The highest BCUT2D eigenvalue weighted by Crippen LogP contribution is 2.24. The van der Waals surface area contributed by atoms with Gasteiger partial charge in [-0.2, -0.15) is 0 Å². The first kappa shape index (κ1) is 18.0. The molecule has 0 saturated heterocycles. The number of nitrogens with zero attached hydrogens (tertiary/aromatic N) is 2. The van der Waals surface area contributed by atoms with Crippen LogP contribution in [0.5, 0.6) is 0 Å². The molecular weight excluding hydrogens is 334 g/mol. The Balaban J connectivity index is 1.72. The number of hydrogen-bond acceptors (Lipinski definition) is 4. The summed E-state index contributed by atoms with van der Waals surface area (Å²) in [6.45, 7) is 4.67. The van der Waals surface area contributed by atoms with E-state index in [4.69, 9.17) is 0 Å². The molecule has 2 atom stereocenters. The number of amides is 1. The van der Waals surface area contributed by atoms with Crippen LogP contribution in [0.3, 0.4) is 0 Å². The first-order chi connectivity index (χ1) is 12.1. The highest BCUT2D eigenvalue weighted by Gasteiger charge is 2.23. The lowest BCUT2D eigenvalue weighted by Gasteiger charge is -2.29. The van der Waals surface area contributed by atoms with Crippen molar-refractivity contribution in [2.45, 2.75) is 57.3 Å². The minimum atomic E-state index is -0.0445. The Bertz CT molecular complexity index is 818. The van der Waals surface area contributed by atoms with Gasteiger partial charge in [0.1, 0.15) is 0 Å². The summed E-state index contributed by atoms with van der Waals surface area (Å²) in [5.74, 6) is 0.845. The van der Waals surface area contributed by atoms with E-state index in [1.807, 2.05) is 25.1 Å². The van der Waals surface area contributed by atoms with Crippen LogP contribution in [-0.2, 0) is 11.3 Å². The quantitative estimate of drug-likeness (QED) is 0.658. The molecule has 3 rings (SSSR count). The molecule has 25 heavy (non-hydrogen) atoms. The van der Waals surface area contributed by atoms with Gasteiger partial charge < -0.3 is 5.32 Å². The molecule has 1 aliphatic carbocycles. The Morgan fingerprint density at radius 3 is 2.84 bits per heavy atom. The summed E-state index contributed by atoms with van der Waals surface area (Å²) < 4.78 is 1.64. The van der Waals surface area contributed by atoms with Crippen molar-refractivity contribution in [3.05, 3.63) is 34.6 Å². The molecule has 6 heteroatoms. The maximum atomic E-state index is 12.6. The van der Waals surface area contributed by atoms with E-state index in [0.29, 0.717) is 28.5 Å². The van der Waals surface area contributed by atoms with Crippen LogP contribution in [-0.4, -0.2) is 27.3 Å². The summed E-state index contributed by atoms with van der Waals surface area (Å²) in [4.78, 5) is 29.5. The Morgan fingerprint density at radius 2 is 2.08 bits per heavy atom. The zero-order valence-electron chi connectivity index (χ0n) is 14.8. The Labute approximate surface area is 152 Å². The largest absolute Gasteiger partial charge is 0.352 e. The van der Waals surface area contributed by atoms with Crippen LogP contribution in [0.2, 0.25) is 0 Å². The van der Waals surface area contributed by atoms with Gasteiger partial charge in [-0.25, -0.2) is 4.98 Å². The number of carbonyl (C=O) groups excluding carboxylic acids is 1. The summed E-state index contributed by atoms with van der Waals surface area (Å²) in [5, 5.41) is 4.38. The second-order valence-electron chi connectivity index (χ2n) is 6.69. The van der Waals surface area contributed by atoms with Crippen molar-refractivity contribution in [1.29, 1.82) is 0 Å². The molecule has 2 aromatic rings. The first-order valence-corrected chi connectivity index (χ1v) is 10.0. The maximum absolute atomic E-state index is 12.6. The summed E-state index contributed by atoms with van der Waals surface area (Å²) in [6, 6.07) is 7.63. The van der Waals surface area contributed by atoms with Gasteiger partial charge >= 0.3 is 0 Å². The molecule has 0 spiro atoms. The maximum Gasteiger partial charge on any atom is 0.262 e. The number of rotatable bonds is 5. The van der Waals surface area contributed by atoms with E-state index in [-0.39, 0.29) is 23.3 Å². The second-order valence-corrected chi connectivity index (χ2v) is 7.63. The second kappa shape index (κ2) is 8.04. The number of hydrogen-bond donors (Lipinski definition) is 1. The number of aromatic nitrogens is 2. The Hall–Kier alpha value is -1.82. The van der Waals surface area contributed by atoms with E-state index < -0.39 is 0 Å². The predicted octanol–water partition coefficient (Wildman–Crippen LogP) is 3.20. The fourth-order valence-electron chi connectivity index (χ4n) is 3.45. The lowest BCUT2D eigenvalue weighted by atomic mass is 9.86. The average molecular weight is 359 g/mol. The van der Waals surface area contributed by atoms with Crippen LogP contribution < -0.4 is 10.9 Å². The lowest BCUT2D eigenvalue weighted by Crippen LogP contribution is -2.41. The van der Waals surface area contributed by atoms with Gasteiger partial charge in [0.15, 0.2) is 5.16 Å². The van der Waals surface area contributed by atoms with Gasteiger partial charge in [0.2, 0.25) is 5.91 Å². The zero-order chi connectivity index (χ0) is 17.8. The molecule has 134 valence electrons. The van der Waals surface area contributed by atoms with Gasteiger partial charge in [0.25, 0.3) is 5.56 Å². The number of para-hydroxylation sites is 1. The minimum absolute atomic E-state index is 0.0220. The van der Waals surface area contributed by atoms with Crippen LogP contribution in [0.25, 0.3) is 10.9 Å².